The van der Waals surface area contributed by atoms with Gasteiger partial charge in [0.1, 0.15) is 5.82 Å². The van der Waals surface area contributed by atoms with Gasteiger partial charge < -0.3 is 11.1 Å². The van der Waals surface area contributed by atoms with Gasteiger partial charge in [0.05, 0.1) is 5.75 Å². The minimum Gasteiger partial charge on any atom is -0.399 e. The van der Waals surface area contributed by atoms with E-state index in [4.69, 9.17) is 5.73 Å². The molecule has 2 rings (SSSR count). The molecule has 0 aliphatic carbocycles. The summed E-state index contributed by atoms with van der Waals surface area (Å²) in [6, 6.07) is 12.0. The first-order valence-electron chi connectivity index (χ1n) is 6.09. The highest BCUT2D eigenvalue weighted by Gasteiger charge is 2.05. The van der Waals surface area contributed by atoms with Gasteiger partial charge in [-0.25, -0.2) is 4.39 Å². The normalized spacial score (nSPS) is 10.3. The molecule has 0 heterocycles. The standard InChI is InChI=1S/C15H15FN2OS/c1-10-5-6-12(8-14(10)16)18-15(19)9-20-13-4-2-3-11(17)7-13/h2-8H,9,17H2,1H3,(H,18,19). The lowest BCUT2D eigenvalue weighted by atomic mass is 10.2. The van der Waals surface area contributed by atoms with Gasteiger partial charge in [0.25, 0.3) is 0 Å². The number of anilines is 2. The van der Waals surface area contributed by atoms with Crippen LogP contribution in [-0.4, -0.2) is 11.7 Å². The quantitative estimate of drug-likeness (QED) is 0.670. The maximum Gasteiger partial charge on any atom is 0.234 e. The Hall–Kier alpha value is -2.01. The molecule has 3 nitrogen and oxygen atoms in total. The zero-order chi connectivity index (χ0) is 14.5. The molecule has 3 N–H and O–H groups in total. The molecule has 1 amide bonds. The van der Waals surface area contributed by atoms with Crippen molar-refractivity contribution in [2.45, 2.75) is 11.8 Å². The lowest BCUT2D eigenvalue weighted by molar-refractivity contribution is -0.113. The second kappa shape index (κ2) is 6.43. The number of amides is 1. The molecular formula is C15H15FN2OS. The number of carbonyl (C=O) groups is 1. The highest BCUT2D eigenvalue weighted by molar-refractivity contribution is 8.00. The highest BCUT2D eigenvalue weighted by Crippen LogP contribution is 2.20. The molecule has 0 saturated heterocycles. The van der Waals surface area contributed by atoms with Crippen LogP contribution in [0.5, 0.6) is 0 Å². The van der Waals surface area contributed by atoms with Crippen LogP contribution in [0.1, 0.15) is 5.56 Å². The van der Waals surface area contributed by atoms with Crippen LogP contribution in [0.2, 0.25) is 0 Å². The smallest absolute Gasteiger partial charge is 0.234 e. The average Bonchev–Trinajstić information content (AvgIpc) is 2.41. The summed E-state index contributed by atoms with van der Waals surface area (Å²) >= 11 is 1.38. The summed E-state index contributed by atoms with van der Waals surface area (Å²) < 4.78 is 13.4. The molecule has 0 unspecified atom stereocenters. The van der Waals surface area contributed by atoms with Crippen molar-refractivity contribution in [1.29, 1.82) is 0 Å². The van der Waals surface area contributed by atoms with Gasteiger partial charge in [-0.05, 0) is 42.8 Å². The van der Waals surface area contributed by atoms with Crippen LogP contribution in [0.3, 0.4) is 0 Å². The fourth-order valence-corrected chi connectivity index (χ4v) is 2.39. The summed E-state index contributed by atoms with van der Waals surface area (Å²) in [5.41, 5.74) is 7.34. The molecule has 20 heavy (non-hydrogen) atoms. The van der Waals surface area contributed by atoms with Crippen LogP contribution in [0, 0.1) is 12.7 Å². The molecule has 0 fully saturated rings. The molecule has 0 radical (unpaired) electrons. The molecule has 0 aliphatic heterocycles. The third-order valence-corrected chi connectivity index (χ3v) is 3.68. The monoisotopic (exact) mass is 290 g/mol. The molecule has 2 aromatic carbocycles. The van der Waals surface area contributed by atoms with E-state index < -0.39 is 0 Å². The van der Waals surface area contributed by atoms with Crippen molar-refractivity contribution in [2.24, 2.45) is 0 Å². The number of rotatable bonds is 4. The van der Waals surface area contributed by atoms with E-state index in [-0.39, 0.29) is 17.5 Å². The van der Waals surface area contributed by atoms with Crippen molar-refractivity contribution in [2.75, 3.05) is 16.8 Å². The number of nitrogens with one attached hydrogen (secondary N) is 1. The Balaban J connectivity index is 1.91. The lowest BCUT2D eigenvalue weighted by Gasteiger charge is -2.06. The van der Waals surface area contributed by atoms with E-state index in [9.17, 15) is 9.18 Å². The van der Waals surface area contributed by atoms with Crippen LogP contribution in [0.4, 0.5) is 15.8 Å². The number of benzene rings is 2. The largest absolute Gasteiger partial charge is 0.399 e. The first-order chi connectivity index (χ1) is 9.54. The molecule has 0 aliphatic rings. The predicted octanol–water partition coefficient (Wildman–Crippen LogP) is 3.45. The number of hydrogen-bond acceptors (Lipinski definition) is 3. The van der Waals surface area contributed by atoms with Gasteiger partial charge in [0.2, 0.25) is 5.91 Å². The number of aryl methyl sites for hydroxylation is 1. The number of hydrogen-bond donors (Lipinski definition) is 2. The molecule has 0 spiro atoms. The number of halogens is 1. The Kier molecular flexibility index (Phi) is 4.63. The summed E-state index contributed by atoms with van der Waals surface area (Å²) in [6.45, 7) is 1.68. The number of nitrogens with two attached hydrogens (primary N) is 1. The van der Waals surface area contributed by atoms with Crippen LogP contribution < -0.4 is 11.1 Å². The molecule has 104 valence electrons. The van der Waals surface area contributed by atoms with Gasteiger partial charge in [-0.2, -0.15) is 0 Å². The Bertz CT molecular complexity index is 631. The molecule has 2 aromatic rings. The minimum absolute atomic E-state index is 0.180. The van der Waals surface area contributed by atoms with Gasteiger partial charge in [-0.3, -0.25) is 4.79 Å². The Morgan fingerprint density at radius 1 is 1.30 bits per heavy atom. The van der Waals surface area contributed by atoms with Gasteiger partial charge in [-0.1, -0.05) is 12.1 Å². The van der Waals surface area contributed by atoms with Gasteiger partial charge in [-0.15, -0.1) is 11.8 Å². The highest BCUT2D eigenvalue weighted by atomic mass is 32.2. The van der Waals surface area contributed by atoms with Crippen molar-refractivity contribution in [3.8, 4) is 0 Å². The summed E-state index contributed by atoms with van der Waals surface area (Å²) in [5.74, 6) is -0.258. The van der Waals surface area contributed by atoms with E-state index in [0.29, 0.717) is 16.9 Å². The minimum atomic E-state index is -0.328. The maximum atomic E-state index is 13.4. The van der Waals surface area contributed by atoms with Crippen molar-refractivity contribution < 1.29 is 9.18 Å². The Morgan fingerprint density at radius 2 is 2.10 bits per heavy atom. The molecule has 0 bridgehead atoms. The molecule has 0 aromatic heterocycles. The SMILES string of the molecule is Cc1ccc(NC(=O)CSc2cccc(N)c2)cc1F. The van der Waals surface area contributed by atoms with Crippen molar-refractivity contribution in [3.05, 3.63) is 53.8 Å². The van der Waals surface area contributed by atoms with Crippen molar-refractivity contribution >= 4 is 29.0 Å². The van der Waals surface area contributed by atoms with Crippen LogP contribution in [-0.2, 0) is 4.79 Å². The predicted molar refractivity (Wildman–Crippen MR) is 81.3 cm³/mol. The number of nitrogen functional groups attached to an aromatic ring is 1. The van der Waals surface area contributed by atoms with E-state index in [1.54, 1.807) is 25.1 Å². The maximum absolute atomic E-state index is 13.4. The van der Waals surface area contributed by atoms with E-state index in [1.807, 2.05) is 18.2 Å². The number of thioether (sulfide) groups is 1. The average molecular weight is 290 g/mol. The topological polar surface area (TPSA) is 55.1 Å². The van der Waals surface area contributed by atoms with Gasteiger partial charge in [0, 0.05) is 16.3 Å². The Labute approximate surface area is 121 Å². The third-order valence-electron chi connectivity index (χ3n) is 2.68. The van der Waals surface area contributed by atoms with Crippen LogP contribution >= 0.6 is 11.8 Å². The van der Waals surface area contributed by atoms with Crippen molar-refractivity contribution in [1.82, 2.24) is 0 Å². The second-order valence-electron chi connectivity index (χ2n) is 4.37. The fraction of sp³-hybridized carbons (Fsp3) is 0.133. The van der Waals surface area contributed by atoms with Gasteiger partial charge in [0.15, 0.2) is 0 Å². The van der Waals surface area contributed by atoms with Gasteiger partial charge >= 0.3 is 0 Å². The van der Waals surface area contributed by atoms with E-state index in [1.165, 1.54) is 17.8 Å². The molecular weight excluding hydrogens is 275 g/mol. The molecule has 5 heteroatoms. The fourth-order valence-electron chi connectivity index (χ4n) is 1.62. The zero-order valence-electron chi connectivity index (χ0n) is 11.0. The second-order valence-corrected chi connectivity index (χ2v) is 5.42. The molecule has 0 atom stereocenters. The summed E-state index contributed by atoms with van der Waals surface area (Å²) in [5, 5.41) is 2.66. The molecule has 0 saturated carbocycles. The van der Waals surface area contributed by atoms with E-state index in [0.717, 1.165) is 4.90 Å². The summed E-state index contributed by atoms with van der Waals surface area (Å²) in [7, 11) is 0. The van der Waals surface area contributed by atoms with E-state index >= 15 is 0 Å². The summed E-state index contributed by atoms with van der Waals surface area (Å²) in [4.78, 5) is 12.7. The third kappa shape index (κ3) is 3.99. The van der Waals surface area contributed by atoms with Crippen LogP contribution in [0.15, 0.2) is 47.4 Å². The van der Waals surface area contributed by atoms with Crippen molar-refractivity contribution in [3.63, 3.8) is 0 Å². The Morgan fingerprint density at radius 3 is 2.80 bits per heavy atom. The first-order valence-corrected chi connectivity index (χ1v) is 7.07. The first kappa shape index (κ1) is 14.4. The summed E-state index contributed by atoms with van der Waals surface area (Å²) in [6.07, 6.45) is 0. The lowest BCUT2D eigenvalue weighted by Crippen LogP contribution is -2.14. The zero-order valence-corrected chi connectivity index (χ0v) is 11.8. The number of carbonyl (C=O) groups excluding carboxylic acids is 1. The van der Waals surface area contributed by atoms with E-state index in [2.05, 4.69) is 5.32 Å². The van der Waals surface area contributed by atoms with Crippen LogP contribution in [0.25, 0.3) is 0 Å².